The Bertz CT molecular complexity index is 386. The van der Waals surface area contributed by atoms with Gasteiger partial charge in [-0.15, -0.1) is 0 Å². The van der Waals surface area contributed by atoms with Gasteiger partial charge in [0.25, 0.3) is 0 Å². The van der Waals surface area contributed by atoms with E-state index in [0.717, 1.165) is 23.7 Å². The van der Waals surface area contributed by atoms with E-state index in [2.05, 4.69) is 40.1 Å². The molecule has 96 valence electrons. The molecule has 0 atom stereocenters. The van der Waals surface area contributed by atoms with Crippen LogP contribution < -0.4 is 5.32 Å². The molecule has 1 aromatic rings. The zero-order valence-corrected chi connectivity index (χ0v) is 11.8. The molecule has 0 spiro atoms. The maximum atomic E-state index is 5.26. The normalized spacial score (nSPS) is 25.2. The molecule has 0 aromatic carbocycles. The second kappa shape index (κ2) is 4.82. The first kappa shape index (κ1) is 12.6. The predicted molar refractivity (Wildman–Crippen MR) is 73.1 cm³/mol. The molecule has 0 saturated heterocycles. The lowest BCUT2D eigenvalue weighted by Gasteiger charge is -2.35. The summed E-state index contributed by atoms with van der Waals surface area (Å²) in [4.78, 5) is 8.63. The van der Waals surface area contributed by atoms with Crippen LogP contribution in [0.5, 0.6) is 0 Å². The summed E-state index contributed by atoms with van der Waals surface area (Å²) in [5.74, 6) is 0.942. The number of rotatable bonds is 4. The molecule has 1 aromatic heterocycles. The highest BCUT2D eigenvalue weighted by molar-refractivity contribution is 8.32. The van der Waals surface area contributed by atoms with Crippen molar-refractivity contribution in [2.24, 2.45) is 0 Å². The summed E-state index contributed by atoms with van der Waals surface area (Å²) in [6.07, 6.45) is 10.9. The molecule has 17 heavy (non-hydrogen) atoms. The minimum atomic E-state index is -0.781. The first-order valence-electron chi connectivity index (χ1n) is 5.79. The van der Waals surface area contributed by atoms with Crippen LogP contribution in [0.1, 0.15) is 12.8 Å². The first-order valence-corrected chi connectivity index (χ1v) is 8.64. The standard InChI is InChI=1S/C12H21N3OS/c1-16-10-5-9(6-10)15-11-7-12(14-8-13-11)17(2,3)4/h7-10H,5-6H2,1-4H3,(H,13,14,15). The van der Waals surface area contributed by atoms with Crippen molar-refractivity contribution in [1.82, 2.24) is 9.97 Å². The average Bonchev–Trinajstić information content (AvgIpc) is 2.22. The SMILES string of the molecule is COC1CC(Nc2cc(S(C)(C)C)ncn2)C1. The van der Waals surface area contributed by atoms with Crippen LogP contribution in [0.3, 0.4) is 0 Å². The maximum Gasteiger partial charge on any atom is 0.130 e. The van der Waals surface area contributed by atoms with Gasteiger partial charge in [0, 0.05) is 19.2 Å². The number of ether oxygens (including phenoxy) is 1. The molecule has 1 fully saturated rings. The Morgan fingerprint density at radius 2 is 2.00 bits per heavy atom. The van der Waals surface area contributed by atoms with Gasteiger partial charge in [-0.1, -0.05) is 0 Å². The summed E-state index contributed by atoms with van der Waals surface area (Å²) in [5.41, 5.74) is 0. The molecule has 2 rings (SSSR count). The van der Waals surface area contributed by atoms with E-state index >= 15 is 0 Å². The average molecular weight is 255 g/mol. The van der Waals surface area contributed by atoms with Crippen molar-refractivity contribution in [3.63, 3.8) is 0 Å². The summed E-state index contributed by atoms with van der Waals surface area (Å²) in [6, 6.07) is 2.58. The molecule has 0 radical (unpaired) electrons. The number of hydrogen-bond donors (Lipinski definition) is 1. The van der Waals surface area contributed by atoms with Crippen molar-refractivity contribution in [2.75, 3.05) is 31.2 Å². The van der Waals surface area contributed by atoms with Gasteiger partial charge in [0.05, 0.1) is 11.1 Å². The van der Waals surface area contributed by atoms with Crippen LogP contribution in [0, 0.1) is 0 Å². The molecule has 1 saturated carbocycles. The van der Waals surface area contributed by atoms with Gasteiger partial charge in [0.1, 0.15) is 12.1 Å². The van der Waals surface area contributed by atoms with Gasteiger partial charge in [-0.2, -0.15) is 0 Å². The third-order valence-electron chi connectivity index (χ3n) is 3.05. The maximum absolute atomic E-state index is 5.26. The van der Waals surface area contributed by atoms with E-state index in [0.29, 0.717) is 12.1 Å². The van der Waals surface area contributed by atoms with E-state index in [1.165, 1.54) is 0 Å². The Morgan fingerprint density at radius 3 is 2.59 bits per heavy atom. The van der Waals surface area contributed by atoms with E-state index in [1.807, 2.05) is 0 Å². The highest BCUT2D eigenvalue weighted by Gasteiger charge is 2.29. The van der Waals surface area contributed by atoms with E-state index in [9.17, 15) is 0 Å². The molecule has 1 aliphatic rings. The Hall–Kier alpha value is -0.810. The van der Waals surface area contributed by atoms with Crippen LogP contribution in [-0.4, -0.2) is 48.0 Å². The first-order chi connectivity index (χ1) is 7.99. The van der Waals surface area contributed by atoms with Gasteiger partial charge >= 0.3 is 0 Å². The second-order valence-electron chi connectivity index (χ2n) is 5.25. The van der Waals surface area contributed by atoms with Crippen molar-refractivity contribution in [3.8, 4) is 0 Å². The number of aromatic nitrogens is 2. The number of methoxy groups -OCH3 is 1. The van der Waals surface area contributed by atoms with Crippen molar-refractivity contribution in [2.45, 2.75) is 30.0 Å². The van der Waals surface area contributed by atoms with E-state index < -0.39 is 10.0 Å². The topological polar surface area (TPSA) is 47.0 Å². The van der Waals surface area contributed by atoms with Crippen LogP contribution in [-0.2, 0) is 4.74 Å². The third-order valence-corrected chi connectivity index (χ3v) is 4.53. The lowest BCUT2D eigenvalue weighted by Crippen LogP contribution is -2.40. The highest BCUT2D eigenvalue weighted by atomic mass is 32.3. The molecule has 4 nitrogen and oxygen atoms in total. The summed E-state index contributed by atoms with van der Waals surface area (Å²) in [5, 5.41) is 4.59. The molecule has 0 unspecified atom stereocenters. The Morgan fingerprint density at radius 1 is 1.29 bits per heavy atom. The Kier molecular flexibility index (Phi) is 3.58. The van der Waals surface area contributed by atoms with E-state index in [-0.39, 0.29) is 0 Å². The van der Waals surface area contributed by atoms with Gasteiger partial charge in [-0.3, -0.25) is 0 Å². The molecule has 1 N–H and O–H groups in total. The molecule has 1 aliphatic carbocycles. The molecule has 0 aliphatic heterocycles. The number of anilines is 1. The van der Waals surface area contributed by atoms with Gasteiger partial charge in [-0.05, 0) is 31.6 Å². The lowest BCUT2D eigenvalue weighted by atomic mass is 9.89. The van der Waals surface area contributed by atoms with E-state index in [1.54, 1.807) is 13.4 Å². The van der Waals surface area contributed by atoms with Gasteiger partial charge in [0.15, 0.2) is 0 Å². The summed E-state index contributed by atoms with van der Waals surface area (Å²) in [6.45, 7) is 0. The third kappa shape index (κ3) is 3.10. The molecule has 5 heteroatoms. The smallest absolute Gasteiger partial charge is 0.130 e. The quantitative estimate of drug-likeness (QED) is 0.837. The minimum Gasteiger partial charge on any atom is -0.381 e. The fraction of sp³-hybridized carbons (Fsp3) is 0.667. The molecule has 1 heterocycles. The summed E-state index contributed by atoms with van der Waals surface area (Å²) >= 11 is 0. The van der Waals surface area contributed by atoms with Crippen LogP contribution in [0.15, 0.2) is 17.4 Å². The minimum absolute atomic E-state index is 0.419. The second-order valence-corrected chi connectivity index (χ2v) is 9.34. The van der Waals surface area contributed by atoms with Crippen LogP contribution in [0.2, 0.25) is 0 Å². The van der Waals surface area contributed by atoms with Crippen LogP contribution in [0.4, 0.5) is 5.82 Å². The fourth-order valence-electron chi connectivity index (χ4n) is 1.84. The Labute approximate surface area is 105 Å². The zero-order chi connectivity index (χ0) is 12.5. The van der Waals surface area contributed by atoms with Gasteiger partial charge < -0.3 is 10.1 Å². The largest absolute Gasteiger partial charge is 0.381 e. The predicted octanol–water partition coefficient (Wildman–Crippen LogP) is 2.12. The van der Waals surface area contributed by atoms with Crippen molar-refractivity contribution >= 4 is 15.8 Å². The zero-order valence-electron chi connectivity index (χ0n) is 10.9. The van der Waals surface area contributed by atoms with Crippen molar-refractivity contribution in [1.29, 1.82) is 0 Å². The number of nitrogens with zero attached hydrogens (tertiary/aromatic N) is 2. The van der Waals surface area contributed by atoms with E-state index in [4.69, 9.17) is 4.74 Å². The lowest BCUT2D eigenvalue weighted by molar-refractivity contribution is 0.0328. The number of hydrogen-bond acceptors (Lipinski definition) is 4. The molecular formula is C12H21N3OS. The summed E-state index contributed by atoms with van der Waals surface area (Å²) < 4.78 is 5.26. The summed E-state index contributed by atoms with van der Waals surface area (Å²) in [7, 11) is 0.989. The Balaban J connectivity index is 1.98. The fourth-order valence-corrected chi connectivity index (χ4v) is 2.67. The van der Waals surface area contributed by atoms with Crippen LogP contribution in [0.25, 0.3) is 0 Å². The highest BCUT2D eigenvalue weighted by Crippen LogP contribution is 2.44. The van der Waals surface area contributed by atoms with Crippen molar-refractivity contribution < 1.29 is 4.74 Å². The van der Waals surface area contributed by atoms with Gasteiger partial charge in [-0.25, -0.2) is 20.0 Å². The monoisotopic (exact) mass is 255 g/mol. The number of nitrogens with one attached hydrogen (secondary N) is 1. The van der Waals surface area contributed by atoms with Crippen LogP contribution >= 0.6 is 10.0 Å². The molecule has 0 amide bonds. The molecule has 0 bridgehead atoms. The molecular weight excluding hydrogens is 234 g/mol. The van der Waals surface area contributed by atoms with Crippen molar-refractivity contribution in [3.05, 3.63) is 12.4 Å². The van der Waals surface area contributed by atoms with Gasteiger partial charge in [0.2, 0.25) is 0 Å².